The lowest BCUT2D eigenvalue weighted by Gasteiger charge is -1.99. The van der Waals surface area contributed by atoms with E-state index in [-0.39, 0.29) is 0 Å². The van der Waals surface area contributed by atoms with Crippen LogP contribution in [0, 0.1) is 0 Å². The van der Waals surface area contributed by atoms with Crippen molar-refractivity contribution in [3.63, 3.8) is 0 Å². The first kappa shape index (κ1) is 10.1. The number of nitrogens with two attached hydrogens (primary N) is 1. The molecule has 0 aliphatic rings. The largest absolute Gasteiger partial charge is 0.326 e. The third-order valence-electron chi connectivity index (χ3n) is 2.22. The van der Waals surface area contributed by atoms with E-state index in [0.717, 1.165) is 27.2 Å². The van der Waals surface area contributed by atoms with Crippen molar-refractivity contribution in [2.75, 3.05) is 0 Å². The Morgan fingerprint density at radius 1 is 1.13 bits per heavy atom. The highest BCUT2D eigenvalue weighted by Crippen LogP contribution is 2.27. The van der Waals surface area contributed by atoms with Crippen molar-refractivity contribution < 1.29 is 4.79 Å². The first-order valence-corrected chi connectivity index (χ1v) is 5.49. The van der Waals surface area contributed by atoms with Gasteiger partial charge in [0.25, 0.3) is 0 Å². The molecule has 76 valence electrons. The SMILES string of the molecule is NCc1ccc(-c2ccc(C=O)s2)cc1. The Morgan fingerprint density at radius 3 is 2.40 bits per heavy atom. The average Bonchev–Trinajstić information content (AvgIpc) is 2.78. The number of hydrogen-bond donors (Lipinski definition) is 1. The molecule has 0 saturated carbocycles. The predicted molar refractivity (Wildman–Crippen MR) is 63.0 cm³/mol. The van der Waals surface area contributed by atoms with Crippen molar-refractivity contribution in [2.45, 2.75) is 6.54 Å². The van der Waals surface area contributed by atoms with Gasteiger partial charge in [0.1, 0.15) is 0 Å². The van der Waals surface area contributed by atoms with E-state index in [1.165, 1.54) is 11.3 Å². The van der Waals surface area contributed by atoms with Crippen LogP contribution in [0.4, 0.5) is 0 Å². The molecule has 1 aromatic heterocycles. The van der Waals surface area contributed by atoms with Crippen LogP contribution in [-0.2, 0) is 6.54 Å². The van der Waals surface area contributed by atoms with Crippen molar-refractivity contribution in [2.24, 2.45) is 5.73 Å². The molecule has 0 unspecified atom stereocenters. The Hall–Kier alpha value is -1.45. The highest BCUT2D eigenvalue weighted by atomic mass is 32.1. The first-order valence-electron chi connectivity index (χ1n) is 4.68. The molecule has 3 heteroatoms. The number of benzene rings is 1. The van der Waals surface area contributed by atoms with E-state index in [2.05, 4.69) is 0 Å². The minimum atomic E-state index is 0.560. The number of carbonyl (C=O) groups excluding carboxylic acids is 1. The van der Waals surface area contributed by atoms with Gasteiger partial charge >= 0.3 is 0 Å². The Morgan fingerprint density at radius 2 is 1.87 bits per heavy atom. The summed E-state index contributed by atoms with van der Waals surface area (Å²) < 4.78 is 0. The molecule has 0 bridgehead atoms. The zero-order valence-electron chi connectivity index (χ0n) is 8.14. The van der Waals surface area contributed by atoms with Gasteiger partial charge in [-0.2, -0.15) is 0 Å². The van der Waals surface area contributed by atoms with Crippen LogP contribution in [0.5, 0.6) is 0 Å². The van der Waals surface area contributed by atoms with Crippen molar-refractivity contribution in [1.29, 1.82) is 0 Å². The molecule has 0 saturated heterocycles. The van der Waals surface area contributed by atoms with E-state index in [1.807, 2.05) is 36.4 Å². The number of carbonyl (C=O) groups is 1. The molecule has 2 nitrogen and oxygen atoms in total. The zero-order chi connectivity index (χ0) is 10.7. The summed E-state index contributed by atoms with van der Waals surface area (Å²) in [6, 6.07) is 11.9. The van der Waals surface area contributed by atoms with Crippen LogP contribution < -0.4 is 5.73 Å². The number of aldehydes is 1. The number of rotatable bonds is 3. The summed E-state index contributed by atoms with van der Waals surface area (Å²) in [4.78, 5) is 12.4. The summed E-state index contributed by atoms with van der Waals surface area (Å²) >= 11 is 1.50. The van der Waals surface area contributed by atoms with Gasteiger partial charge in [-0.15, -0.1) is 11.3 Å². The van der Waals surface area contributed by atoms with Crippen LogP contribution in [0.2, 0.25) is 0 Å². The molecule has 0 aliphatic heterocycles. The number of thiophene rings is 1. The van der Waals surface area contributed by atoms with Gasteiger partial charge in [-0.1, -0.05) is 24.3 Å². The van der Waals surface area contributed by atoms with Gasteiger partial charge in [-0.3, -0.25) is 4.79 Å². The van der Waals surface area contributed by atoms with Crippen LogP contribution in [0.3, 0.4) is 0 Å². The van der Waals surface area contributed by atoms with Crippen molar-refractivity contribution in [1.82, 2.24) is 0 Å². The molecule has 15 heavy (non-hydrogen) atoms. The summed E-state index contributed by atoms with van der Waals surface area (Å²) in [5.41, 5.74) is 7.77. The second kappa shape index (κ2) is 4.38. The second-order valence-electron chi connectivity index (χ2n) is 3.22. The molecule has 0 spiro atoms. The smallest absolute Gasteiger partial charge is 0.160 e. The van der Waals surface area contributed by atoms with Crippen LogP contribution in [0.25, 0.3) is 10.4 Å². The monoisotopic (exact) mass is 217 g/mol. The third-order valence-corrected chi connectivity index (χ3v) is 3.28. The minimum absolute atomic E-state index is 0.560. The summed E-state index contributed by atoms with van der Waals surface area (Å²) in [6.07, 6.45) is 0.877. The van der Waals surface area contributed by atoms with Gasteiger partial charge in [0.05, 0.1) is 4.88 Å². The lowest BCUT2D eigenvalue weighted by atomic mass is 10.1. The summed E-state index contributed by atoms with van der Waals surface area (Å²) in [7, 11) is 0. The molecule has 0 atom stereocenters. The highest BCUT2D eigenvalue weighted by molar-refractivity contribution is 7.17. The summed E-state index contributed by atoms with van der Waals surface area (Å²) in [5, 5.41) is 0. The number of hydrogen-bond acceptors (Lipinski definition) is 3. The van der Waals surface area contributed by atoms with E-state index in [1.54, 1.807) is 0 Å². The lowest BCUT2D eigenvalue weighted by molar-refractivity contribution is 0.112. The molecule has 1 heterocycles. The maximum atomic E-state index is 10.5. The van der Waals surface area contributed by atoms with Gasteiger partial charge in [0, 0.05) is 11.4 Å². The maximum Gasteiger partial charge on any atom is 0.160 e. The Bertz CT molecular complexity index is 459. The third kappa shape index (κ3) is 2.14. The zero-order valence-corrected chi connectivity index (χ0v) is 8.96. The van der Waals surface area contributed by atoms with E-state index >= 15 is 0 Å². The normalized spacial score (nSPS) is 10.2. The predicted octanol–water partition coefficient (Wildman–Crippen LogP) is 2.69. The summed E-state index contributed by atoms with van der Waals surface area (Å²) in [5.74, 6) is 0. The first-order chi connectivity index (χ1) is 7.33. The van der Waals surface area contributed by atoms with E-state index < -0.39 is 0 Å². The molecule has 2 N–H and O–H groups in total. The van der Waals surface area contributed by atoms with Gasteiger partial charge in [0.2, 0.25) is 0 Å². The summed E-state index contributed by atoms with van der Waals surface area (Å²) in [6.45, 7) is 0.560. The standard InChI is InChI=1S/C12H11NOS/c13-7-9-1-3-10(4-2-9)12-6-5-11(8-14)15-12/h1-6,8H,7,13H2. The fourth-order valence-corrected chi connectivity index (χ4v) is 2.20. The lowest BCUT2D eigenvalue weighted by Crippen LogP contribution is -1.94. The fourth-order valence-electron chi connectivity index (χ4n) is 1.38. The highest BCUT2D eigenvalue weighted by Gasteiger charge is 2.01. The fraction of sp³-hybridized carbons (Fsp3) is 0.0833. The van der Waals surface area contributed by atoms with Crippen molar-refractivity contribution >= 4 is 17.6 Å². The topological polar surface area (TPSA) is 43.1 Å². The van der Waals surface area contributed by atoms with Crippen LogP contribution in [0.15, 0.2) is 36.4 Å². The van der Waals surface area contributed by atoms with Gasteiger partial charge < -0.3 is 5.73 Å². The second-order valence-corrected chi connectivity index (χ2v) is 4.34. The quantitative estimate of drug-likeness (QED) is 0.803. The van der Waals surface area contributed by atoms with Crippen LogP contribution in [-0.4, -0.2) is 6.29 Å². The molecular weight excluding hydrogens is 206 g/mol. The molecule has 2 aromatic rings. The Kier molecular flexibility index (Phi) is 2.94. The molecule has 0 aliphatic carbocycles. The van der Waals surface area contributed by atoms with Crippen molar-refractivity contribution in [3.05, 3.63) is 46.8 Å². The molecule has 0 fully saturated rings. The molecule has 1 aromatic carbocycles. The van der Waals surface area contributed by atoms with Crippen LogP contribution >= 0.6 is 11.3 Å². The van der Waals surface area contributed by atoms with E-state index in [9.17, 15) is 4.79 Å². The average molecular weight is 217 g/mol. The van der Waals surface area contributed by atoms with Gasteiger partial charge in [0.15, 0.2) is 6.29 Å². The molecule has 2 rings (SSSR count). The molecular formula is C12H11NOS. The minimum Gasteiger partial charge on any atom is -0.326 e. The van der Waals surface area contributed by atoms with Crippen LogP contribution in [0.1, 0.15) is 15.2 Å². The Labute approximate surface area is 92.4 Å². The molecule has 0 amide bonds. The van der Waals surface area contributed by atoms with Crippen molar-refractivity contribution in [3.8, 4) is 10.4 Å². The van der Waals surface area contributed by atoms with E-state index in [0.29, 0.717) is 6.54 Å². The Balaban J connectivity index is 2.32. The van der Waals surface area contributed by atoms with Gasteiger partial charge in [-0.05, 0) is 23.3 Å². The van der Waals surface area contributed by atoms with Gasteiger partial charge in [-0.25, -0.2) is 0 Å². The molecule has 0 radical (unpaired) electrons. The van der Waals surface area contributed by atoms with E-state index in [4.69, 9.17) is 5.73 Å². The maximum absolute atomic E-state index is 10.5.